The van der Waals surface area contributed by atoms with Crippen molar-refractivity contribution in [2.75, 3.05) is 0 Å². The molecule has 1 aromatic rings. The summed E-state index contributed by atoms with van der Waals surface area (Å²) < 4.78 is 10.4. The second-order valence-electron chi connectivity index (χ2n) is 2.75. The molecule has 2 rings (SSSR count). The van der Waals surface area contributed by atoms with Crippen molar-refractivity contribution in [3.8, 4) is 0 Å². The molecule has 1 heterocycles. The minimum atomic E-state index is -0.265. The summed E-state index contributed by atoms with van der Waals surface area (Å²) >= 11 is 3.40. The third-order valence-corrected chi connectivity index (χ3v) is 2.48. The maximum atomic E-state index is 5.22. The van der Waals surface area contributed by atoms with E-state index in [4.69, 9.17) is 9.47 Å². The zero-order valence-electron chi connectivity index (χ0n) is 6.94. The van der Waals surface area contributed by atoms with Crippen LogP contribution in [-0.4, -0.2) is 0 Å². The zero-order chi connectivity index (χ0) is 9.10. The highest BCUT2D eigenvalue weighted by Crippen LogP contribution is 2.24. The van der Waals surface area contributed by atoms with Crippen molar-refractivity contribution in [2.24, 2.45) is 0 Å². The molecule has 0 unspecified atom stereocenters. The Kier molecular flexibility index (Phi) is 2.54. The third-order valence-electron chi connectivity index (χ3n) is 1.84. The van der Waals surface area contributed by atoms with Crippen LogP contribution in [0.4, 0.5) is 0 Å². The van der Waals surface area contributed by atoms with Gasteiger partial charge in [-0.15, -0.1) is 0 Å². The molecule has 0 saturated carbocycles. The summed E-state index contributed by atoms with van der Waals surface area (Å²) in [5.41, 5.74) is 2.26. The van der Waals surface area contributed by atoms with Crippen molar-refractivity contribution in [1.82, 2.24) is 0 Å². The summed E-state index contributed by atoms with van der Waals surface area (Å²) in [5.74, 6) is 0. The first-order valence-electron chi connectivity index (χ1n) is 4.01. The summed E-state index contributed by atoms with van der Waals surface area (Å²) in [6.07, 6.45) is 2.86. The summed E-state index contributed by atoms with van der Waals surface area (Å²) in [6, 6.07) is 8.10. The molecule has 0 atom stereocenters. The molecule has 1 aliphatic rings. The van der Waals surface area contributed by atoms with Crippen molar-refractivity contribution in [2.45, 2.75) is 11.6 Å². The molecule has 0 bridgehead atoms. The summed E-state index contributed by atoms with van der Waals surface area (Å²) in [5, 5.41) is 0.848. The largest absolute Gasteiger partial charge is 0.455 e. The van der Waals surface area contributed by atoms with Crippen LogP contribution in [-0.2, 0) is 14.8 Å². The molecule has 0 radical (unpaired) electrons. The van der Waals surface area contributed by atoms with Crippen molar-refractivity contribution in [3.63, 3.8) is 0 Å². The molecule has 3 heteroatoms. The Hall–Kier alpha value is -0.960. The minimum Gasteiger partial charge on any atom is -0.455 e. The van der Waals surface area contributed by atoms with Gasteiger partial charge in [0, 0.05) is 10.9 Å². The van der Waals surface area contributed by atoms with E-state index in [-0.39, 0.29) is 6.29 Å². The predicted octanol–water partition coefficient (Wildman–Crippen LogP) is 3.10. The van der Waals surface area contributed by atoms with E-state index in [1.165, 1.54) is 5.56 Å². The Morgan fingerprint density at radius 3 is 2.69 bits per heavy atom. The lowest BCUT2D eigenvalue weighted by atomic mass is 10.1. The Labute approximate surface area is 85.3 Å². The lowest BCUT2D eigenvalue weighted by molar-refractivity contribution is -0.0246. The van der Waals surface area contributed by atoms with Gasteiger partial charge in [-0.1, -0.05) is 34.1 Å². The molecule has 0 fully saturated rings. The fourth-order valence-electron chi connectivity index (χ4n) is 1.22. The first-order chi connectivity index (χ1) is 6.40. The topological polar surface area (TPSA) is 18.5 Å². The van der Waals surface area contributed by atoms with Crippen LogP contribution in [0, 0.1) is 0 Å². The van der Waals surface area contributed by atoms with E-state index in [1.807, 2.05) is 12.1 Å². The molecular weight excluding hydrogens is 232 g/mol. The van der Waals surface area contributed by atoms with Gasteiger partial charge >= 0.3 is 0 Å². The van der Waals surface area contributed by atoms with E-state index >= 15 is 0 Å². The van der Waals surface area contributed by atoms with Gasteiger partial charge in [-0.3, -0.25) is 0 Å². The second kappa shape index (κ2) is 3.83. The van der Waals surface area contributed by atoms with E-state index in [0.717, 1.165) is 10.9 Å². The van der Waals surface area contributed by atoms with E-state index in [2.05, 4.69) is 28.1 Å². The van der Waals surface area contributed by atoms with Crippen molar-refractivity contribution in [1.29, 1.82) is 0 Å². The number of benzene rings is 1. The average molecular weight is 241 g/mol. The first kappa shape index (κ1) is 8.63. The van der Waals surface area contributed by atoms with Crippen LogP contribution in [0.5, 0.6) is 0 Å². The van der Waals surface area contributed by atoms with Crippen LogP contribution in [0.15, 0.2) is 36.8 Å². The molecule has 0 aliphatic carbocycles. The lowest BCUT2D eigenvalue weighted by Crippen LogP contribution is -1.97. The van der Waals surface area contributed by atoms with Gasteiger partial charge in [0.25, 0.3) is 6.29 Å². The molecule has 1 aliphatic heterocycles. The SMILES string of the molecule is BrCc1cccc(C2OC=CO2)c1. The van der Waals surface area contributed by atoms with Gasteiger partial charge in [-0.05, 0) is 11.6 Å². The van der Waals surface area contributed by atoms with Crippen LogP contribution in [0.3, 0.4) is 0 Å². The van der Waals surface area contributed by atoms with E-state index < -0.39 is 0 Å². The van der Waals surface area contributed by atoms with E-state index in [9.17, 15) is 0 Å². The quantitative estimate of drug-likeness (QED) is 0.740. The van der Waals surface area contributed by atoms with E-state index in [0.29, 0.717) is 0 Å². The minimum absolute atomic E-state index is 0.265. The first-order valence-corrected chi connectivity index (χ1v) is 5.13. The highest BCUT2D eigenvalue weighted by Gasteiger charge is 2.14. The van der Waals surface area contributed by atoms with Crippen LogP contribution in [0.2, 0.25) is 0 Å². The molecule has 68 valence electrons. The molecule has 0 amide bonds. The number of rotatable bonds is 2. The van der Waals surface area contributed by atoms with Gasteiger partial charge < -0.3 is 9.47 Å². The van der Waals surface area contributed by atoms with Crippen molar-refractivity contribution < 1.29 is 9.47 Å². The average Bonchev–Trinajstić information content (AvgIpc) is 2.71. The van der Waals surface area contributed by atoms with Gasteiger partial charge in [0.1, 0.15) is 12.5 Å². The molecule has 2 nitrogen and oxygen atoms in total. The van der Waals surface area contributed by atoms with Gasteiger partial charge in [-0.2, -0.15) is 0 Å². The fourth-order valence-corrected chi connectivity index (χ4v) is 1.57. The fraction of sp³-hybridized carbons (Fsp3) is 0.200. The Morgan fingerprint density at radius 2 is 2.00 bits per heavy atom. The molecule has 0 aromatic heterocycles. The Balaban J connectivity index is 2.19. The smallest absolute Gasteiger partial charge is 0.266 e. The van der Waals surface area contributed by atoms with Gasteiger partial charge in [0.2, 0.25) is 0 Å². The second-order valence-corrected chi connectivity index (χ2v) is 3.32. The molecule has 13 heavy (non-hydrogen) atoms. The molecule has 0 saturated heterocycles. The van der Waals surface area contributed by atoms with E-state index in [1.54, 1.807) is 12.5 Å². The predicted molar refractivity (Wildman–Crippen MR) is 53.1 cm³/mol. The Bertz CT molecular complexity index is 314. The standard InChI is InChI=1S/C10H9BrO2/c11-7-8-2-1-3-9(6-8)10-12-4-5-13-10/h1-6,10H,7H2. The summed E-state index contributed by atoms with van der Waals surface area (Å²) in [7, 11) is 0. The third kappa shape index (κ3) is 1.86. The maximum absolute atomic E-state index is 5.22. The molecular formula is C10H9BrO2. The van der Waals surface area contributed by atoms with Crippen LogP contribution < -0.4 is 0 Å². The molecule has 0 N–H and O–H groups in total. The number of hydrogen-bond donors (Lipinski definition) is 0. The van der Waals surface area contributed by atoms with Crippen LogP contribution in [0.25, 0.3) is 0 Å². The normalized spacial score (nSPS) is 15.5. The number of hydrogen-bond acceptors (Lipinski definition) is 2. The molecule has 0 spiro atoms. The molecule has 1 aromatic carbocycles. The summed E-state index contributed by atoms with van der Waals surface area (Å²) in [6.45, 7) is 0. The van der Waals surface area contributed by atoms with Crippen molar-refractivity contribution >= 4 is 15.9 Å². The summed E-state index contributed by atoms with van der Waals surface area (Å²) in [4.78, 5) is 0. The van der Waals surface area contributed by atoms with Gasteiger partial charge in [0.15, 0.2) is 0 Å². The van der Waals surface area contributed by atoms with Crippen LogP contribution in [0.1, 0.15) is 17.4 Å². The highest BCUT2D eigenvalue weighted by atomic mass is 79.9. The van der Waals surface area contributed by atoms with Crippen LogP contribution >= 0.6 is 15.9 Å². The number of halogens is 1. The number of ether oxygens (including phenoxy) is 2. The monoisotopic (exact) mass is 240 g/mol. The maximum Gasteiger partial charge on any atom is 0.266 e. The number of alkyl halides is 1. The van der Waals surface area contributed by atoms with Gasteiger partial charge in [0.05, 0.1) is 0 Å². The zero-order valence-corrected chi connectivity index (χ0v) is 8.53. The Morgan fingerprint density at radius 1 is 1.23 bits per heavy atom. The highest BCUT2D eigenvalue weighted by molar-refractivity contribution is 9.08. The lowest BCUT2D eigenvalue weighted by Gasteiger charge is -2.10. The van der Waals surface area contributed by atoms with Crippen molar-refractivity contribution in [3.05, 3.63) is 47.9 Å². The van der Waals surface area contributed by atoms with Gasteiger partial charge in [-0.25, -0.2) is 0 Å².